The highest BCUT2D eigenvalue weighted by Crippen LogP contribution is 2.49. The van der Waals surface area contributed by atoms with E-state index in [1.54, 1.807) is 49.6 Å². The Labute approximate surface area is 243 Å². The van der Waals surface area contributed by atoms with Crippen molar-refractivity contribution in [1.29, 1.82) is 0 Å². The number of aliphatic hydroxyl groups is 2. The number of halogens is 4. The maximum Gasteiger partial charge on any atom is 0.281 e. The summed E-state index contributed by atoms with van der Waals surface area (Å²) in [6, 6.07) is 11.9. The number of carbonyl (C=O) groups excluding carboxylic acids is 1. The molecule has 4 aromatic rings. The maximum absolute atomic E-state index is 17.8. The van der Waals surface area contributed by atoms with Gasteiger partial charge in [0, 0.05) is 42.7 Å². The molecule has 1 unspecified atom stereocenters. The van der Waals surface area contributed by atoms with Gasteiger partial charge in [0.2, 0.25) is 0 Å². The van der Waals surface area contributed by atoms with Crippen LogP contribution < -0.4 is 0 Å². The third kappa shape index (κ3) is 5.06. The van der Waals surface area contributed by atoms with Gasteiger partial charge >= 0.3 is 0 Å². The largest absolute Gasteiger partial charge is 0.387 e. The fraction of sp³-hybridized carbons (Fsp3) is 0.300. The van der Waals surface area contributed by atoms with Crippen LogP contribution in [0.1, 0.15) is 45.7 Å². The Morgan fingerprint density at radius 2 is 1.83 bits per heavy atom. The summed E-state index contributed by atoms with van der Waals surface area (Å²) < 4.78 is 47.9. The topological polar surface area (TPSA) is 101 Å². The zero-order chi connectivity index (χ0) is 29.8. The fourth-order valence-electron chi connectivity index (χ4n) is 5.24. The molecule has 42 heavy (non-hydrogen) atoms. The minimum atomic E-state index is -2.98. The molecule has 8 nitrogen and oxygen atoms in total. The van der Waals surface area contributed by atoms with Crippen molar-refractivity contribution in [1.82, 2.24) is 19.8 Å². The van der Waals surface area contributed by atoms with Crippen LogP contribution >= 0.6 is 11.6 Å². The van der Waals surface area contributed by atoms with E-state index < -0.39 is 35.0 Å². The van der Waals surface area contributed by atoms with E-state index >= 15 is 4.39 Å². The first-order valence-corrected chi connectivity index (χ1v) is 13.6. The van der Waals surface area contributed by atoms with E-state index in [9.17, 15) is 23.8 Å². The van der Waals surface area contributed by atoms with Crippen molar-refractivity contribution in [3.8, 4) is 11.1 Å². The van der Waals surface area contributed by atoms with E-state index in [1.807, 2.05) is 0 Å². The summed E-state index contributed by atoms with van der Waals surface area (Å²) >= 11 is 6.09. The Hall–Kier alpha value is -3.77. The van der Waals surface area contributed by atoms with Crippen LogP contribution in [0.25, 0.3) is 11.1 Å². The van der Waals surface area contributed by atoms with Gasteiger partial charge in [-0.3, -0.25) is 19.3 Å². The number of alkyl halides is 1. The Bertz CT molecular complexity index is 1680. The van der Waals surface area contributed by atoms with E-state index in [0.717, 1.165) is 6.20 Å². The Morgan fingerprint density at radius 3 is 2.48 bits per heavy atom. The van der Waals surface area contributed by atoms with Crippen molar-refractivity contribution in [2.45, 2.75) is 43.2 Å². The highest BCUT2D eigenvalue weighted by atomic mass is 35.5. The summed E-state index contributed by atoms with van der Waals surface area (Å²) in [6.45, 7) is -0.373. The van der Waals surface area contributed by atoms with Gasteiger partial charge in [-0.2, -0.15) is 10.2 Å². The molecule has 0 radical (unpaired) electrons. The first kappa shape index (κ1) is 28.4. The molecule has 1 saturated carbocycles. The number of amides is 1. The summed E-state index contributed by atoms with van der Waals surface area (Å²) in [7, 11) is 1.67. The number of carbonyl (C=O) groups is 1. The van der Waals surface area contributed by atoms with Crippen molar-refractivity contribution in [3.63, 3.8) is 0 Å². The van der Waals surface area contributed by atoms with E-state index in [0.29, 0.717) is 45.8 Å². The maximum atomic E-state index is 17.8. The molecule has 2 aromatic heterocycles. The number of rotatable bonds is 9. The summed E-state index contributed by atoms with van der Waals surface area (Å²) in [4.78, 5) is 23.2. The van der Waals surface area contributed by atoms with E-state index in [1.165, 1.54) is 10.7 Å². The number of hydrogen-bond donors (Lipinski definition) is 2. The molecule has 0 spiro atoms. The molecule has 2 N–H and O–H groups in total. The van der Waals surface area contributed by atoms with Gasteiger partial charge in [0.05, 0.1) is 28.7 Å². The standard InChI is InChI=1S/C30H26ClF3N4O4/c1-37-11-8-20(36-37)13-26(39)30(34)27-22(28(40)38(30)42-16-29(41)9-10-29)7-6-21(17-2-4-18(31)5-3-17)23(27)14-25-24(33)12-19(32)15-35-25/h2-8,11-12,15,26,39,41H,9-10,13-14,16H2,1H3/t26?,30-/m1/s1. The average molecular weight is 599 g/mol. The van der Waals surface area contributed by atoms with Crippen LogP contribution in [-0.4, -0.2) is 54.3 Å². The second-order valence-electron chi connectivity index (χ2n) is 10.8. The molecule has 218 valence electrons. The van der Waals surface area contributed by atoms with Gasteiger partial charge < -0.3 is 10.2 Å². The van der Waals surface area contributed by atoms with Crippen LogP contribution in [-0.2, 0) is 30.5 Å². The lowest BCUT2D eigenvalue weighted by Gasteiger charge is -2.36. The molecule has 6 rings (SSSR count). The molecule has 3 heterocycles. The number of nitrogens with zero attached hydrogens (tertiary/aromatic N) is 4. The molecular formula is C30H26ClF3N4O4. The monoisotopic (exact) mass is 598 g/mol. The van der Waals surface area contributed by atoms with Crippen molar-refractivity contribution in [3.05, 3.63) is 106 Å². The third-order valence-electron chi connectivity index (χ3n) is 7.66. The van der Waals surface area contributed by atoms with E-state index in [2.05, 4.69) is 10.1 Å². The van der Waals surface area contributed by atoms with E-state index in [-0.39, 0.29) is 41.8 Å². The van der Waals surface area contributed by atoms with Crippen LogP contribution in [0.15, 0.2) is 60.9 Å². The zero-order valence-electron chi connectivity index (χ0n) is 22.4. The first-order valence-electron chi connectivity index (χ1n) is 13.3. The molecule has 1 fully saturated rings. The smallest absolute Gasteiger partial charge is 0.281 e. The van der Waals surface area contributed by atoms with Crippen molar-refractivity contribution < 1.29 is 33.0 Å². The minimum Gasteiger partial charge on any atom is -0.387 e. The molecule has 1 amide bonds. The van der Waals surface area contributed by atoms with Gasteiger partial charge in [-0.1, -0.05) is 29.8 Å². The van der Waals surface area contributed by atoms with Gasteiger partial charge in [0.15, 0.2) is 0 Å². The lowest BCUT2D eigenvalue weighted by molar-refractivity contribution is -0.269. The second kappa shape index (κ2) is 10.5. The summed E-state index contributed by atoms with van der Waals surface area (Å²) in [5, 5.41) is 27.1. The number of hydroxylamine groups is 2. The third-order valence-corrected chi connectivity index (χ3v) is 7.91. The molecule has 0 bridgehead atoms. The summed E-state index contributed by atoms with van der Waals surface area (Å²) in [5.74, 6) is -5.70. The average Bonchev–Trinajstić information content (AvgIpc) is 3.47. The number of fused-ring (bicyclic) bond motifs is 1. The predicted octanol–water partition coefficient (Wildman–Crippen LogP) is 4.64. The van der Waals surface area contributed by atoms with Gasteiger partial charge in [0.25, 0.3) is 11.7 Å². The Balaban J connectivity index is 1.54. The van der Waals surface area contributed by atoms with Crippen LogP contribution in [0.5, 0.6) is 0 Å². The van der Waals surface area contributed by atoms with Gasteiger partial charge in [-0.15, -0.1) is 0 Å². The van der Waals surface area contributed by atoms with Gasteiger partial charge in [0.1, 0.15) is 24.3 Å². The van der Waals surface area contributed by atoms with Gasteiger partial charge in [-0.25, -0.2) is 13.2 Å². The number of hydrogen-bond acceptors (Lipinski definition) is 6. The molecule has 1 aliphatic heterocycles. The Kier molecular flexibility index (Phi) is 7.09. The number of aliphatic hydroxyl groups excluding tert-OH is 1. The Morgan fingerprint density at radius 1 is 1.12 bits per heavy atom. The normalized spacial score (nSPS) is 19.7. The molecule has 2 aromatic carbocycles. The number of pyridine rings is 1. The second-order valence-corrected chi connectivity index (χ2v) is 11.2. The van der Waals surface area contributed by atoms with Crippen molar-refractivity contribution in [2.24, 2.45) is 7.05 Å². The lowest BCUT2D eigenvalue weighted by Crippen LogP contribution is -2.51. The van der Waals surface area contributed by atoms with Crippen LogP contribution in [0, 0.1) is 11.6 Å². The molecule has 1 aliphatic carbocycles. The van der Waals surface area contributed by atoms with Crippen molar-refractivity contribution in [2.75, 3.05) is 6.61 Å². The lowest BCUT2D eigenvalue weighted by atomic mass is 9.84. The number of aromatic nitrogens is 3. The number of aryl methyl sites for hydroxylation is 1. The molecular weight excluding hydrogens is 573 g/mol. The van der Waals surface area contributed by atoms with Crippen molar-refractivity contribution >= 4 is 17.5 Å². The van der Waals surface area contributed by atoms with Crippen LogP contribution in [0.3, 0.4) is 0 Å². The SMILES string of the molecule is Cn1ccc(CC(O)[C@]2(F)c3c(ccc(-c4ccc(Cl)cc4)c3Cc3ncc(F)cc3F)C(=O)N2OCC2(O)CC2)n1. The molecule has 2 atom stereocenters. The molecule has 0 saturated heterocycles. The quantitative estimate of drug-likeness (QED) is 0.272. The summed E-state index contributed by atoms with van der Waals surface area (Å²) in [5.41, 5.74) is -0.280. The van der Waals surface area contributed by atoms with E-state index in [4.69, 9.17) is 16.4 Å². The fourth-order valence-corrected chi connectivity index (χ4v) is 5.37. The predicted molar refractivity (Wildman–Crippen MR) is 146 cm³/mol. The minimum absolute atomic E-state index is 0.115. The molecule has 2 aliphatic rings. The van der Waals surface area contributed by atoms with Gasteiger partial charge in [-0.05, 0) is 53.8 Å². The number of benzene rings is 2. The van der Waals surface area contributed by atoms with Crippen LogP contribution in [0.2, 0.25) is 5.02 Å². The zero-order valence-corrected chi connectivity index (χ0v) is 23.2. The summed E-state index contributed by atoms with van der Waals surface area (Å²) in [6.07, 6.45) is 0.765. The van der Waals surface area contributed by atoms with Crippen LogP contribution in [0.4, 0.5) is 13.2 Å². The highest BCUT2D eigenvalue weighted by molar-refractivity contribution is 6.30. The molecule has 12 heteroatoms. The highest BCUT2D eigenvalue weighted by Gasteiger charge is 2.59. The first-order chi connectivity index (χ1) is 20.0.